The lowest BCUT2D eigenvalue weighted by Gasteiger charge is -2.16. The molecule has 10 aromatic carbocycles. The Bertz CT molecular complexity index is 4010. The van der Waals surface area contributed by atoms with Crippen molar-refractivity contribution in [2.75, 3.05) is 0 Å². The lowest BCUT2D eigenvalue weighted by Crippen LogP contribution is -2.04. The smallest absolute Gasteiger partial charge is 0.166 e. The van der Waals surface area contributed by atoms with E-state index in [2.05, 4.69) is 234 Å². The van der Waals surface area contributed by atoms with Crippen LogP contribution in [0.5, 0.6) is 0 Å². The lowest BCUT2D eigenvalue weighted by atomic mass is 10.0. The van der Waals surface area contributed by atoms with Gasteiger partial charge in [-0.15, -0.1) is 0 Å². The summed E-state index contributed by atoms with van der Waals surface area (Å²) in [4.78, 5) is 15.7. The Balaban J connectivity index is 1.06. The van der Waals surface area contributed by atoms with E-state index in [1.165, 1.54) is 43.9 Å². The van der Waals surface area contributed by atoms with Crippen LogP contribution in [0.2, 0.25) is 0 Å². The van der Waals surface area contributed by atoms with Gasteiger partial charge in [0.2, 0.25) is 0 Å². The fourth-order valence-corrected chi connectivity index (χ4v) is 10.0. The molecule has 0 bridgehead atoms. The monoisotopic (exact) mass is 867 g/mol. The van der Waals surface area contributed by atoms with E-state index in [9.17, 15) is 0 Å². The maximum absolute atomic E-state index is 5.32. The second-order valence-electron chi connectivity index (χ2n) is 17.2. The zero-order valence-electron chi connectivity index (χ0n) is 36.9. The average Bonchev–Trinajstić information content (AvgIpc) is 3.94. The molecule has 0 amide bonds. The summed E-state index contributed by atoms with van der Waals surface area (Å²) in [5.41, 5.74) is 16.2. The number of rotatable bonds is 8. The molecular weight excluding hydrogens is 827 g/mol. The average molecular weight is 868 g/mol. The molecule has 0 radical (unpaired) electrons. The molecule has 0 saturated heterocycles. The van der Waals surface area contributed by atoms with Gasteiger partial charge < -0.3 is 9.13 Å². The molecule has 13 rings (SSSR count). The van der Waals surface area contributed by atoms with Gasteiger partial charge in [-0.3, -0.25) is 0 Å². The first-order valence-corrected chi connectivity index (χ1v) is 23.0. The molecule has 68 heavy (non-hydrogen) atoms. The molecular formula is C63H41N5. The highest BCUT2D eigenvalue weighted by atomic mass is 15.1. The van der Waals surface area contributed by atoms with Gasteiger partial charge >= 0.3 is 0 Å². The fraction of sp³-hybridized carbons (Fsp3) is 0. The maximum Gasteiger partial charge on any atom is 0.166 e. The molecule has 3 heterocycles. The van der Waals surface area contributed by atoms with Crippen LogP contribution in [0.15, 0.2) is 249 Å². The van der Waals surface area contributed by atoms with E-state index in [1.807, 2.05) is 24.3 Å². The van der Waals surface area contributed by atoms with Crippen molar-refractivity contribution in [3.05, 3.63) is 249 Å². The van der Waals surface area contributed by atoms with Gasteiger partial charge in [0.1, 0.15) is 0 Å². The highest BCUT2D eigenvalue weighted by molar-refractivity contribution is 6.15. The van der Waals surface area contributed by atoms with E-state index < -0.39 is 0 Å². The van der Waals surface area contributed by atoms with Crippen molar-refractivity contribution in [1.82, 2.24) is 24.1 Å². The summed E-state index contributed by atoms with van der Waals surface area (Å²) < 4.78 is 4.87. The molecule has 0 spiro atoms. The van der Waals surface area contributed by atoms with Crippen molar-refractivity contribution in [3.8, 4) is 78.9 Å². The SMILES string of the molecule is c1ccc(-c2cccc(-c3nc(-c4ccccc4)nc(-c4ccccc4-n4c5ccccc5c5ccc(-n6c7cc(-c8ccccc8)ccc7c7cccc(-c8ccccc8)c76)cc54)n3)c2)cc1. The molecule has 0 aliphatic carbocycles. The van der Waals surface area contributed by atoms with Crippen molar-refractivity contribution in [2.45, 2.75) is 0 Å². The summed E-state index contributed by atoms with van der Waals surface area (Å²) >= 11 is 0. The van der Waals surface area contributed by atoms with Gasteiger partial charge in [-0.05, 0) is 70.3 Å². The van der Waals surface area contributed by atoms with Crippen LogP contribution in [0.1, 0.15) is 0 Å². The highest BCUT2D eigenvalue weighted by Gasteiger charge is 2.22. The standard InChI is InChI=1S/C63H41N5/c1-5-19-42(20-6-1)46-27-17-28-48(39-46)62-64-61(45-25-11-4-12-26-45)65-63(66-62)55-30-14-16-34-57(55)68-56-33-15-13-29-51(56)52-38-36-49(41-59(52)68)67-58-40-47(43-21-7-2-8-22-43)35-37-53(58)54-32-18-31-50(60(54)67)44-23-9-3-10-24-44/h1-41H. The van der Waals surface area contributed by atoms with Gasteiger partial charge in [0.05, 0.1) is 27.8 Å². The third-order valence-corrected chi connectivity index (χ3v) is 13.2. The Morgan fingerprint density at radius 2 is 0.735 bits per heavy atom. The van der Waals surface area contributed by atoms with Crippen molar-refractivity contribution >= 4 is 43.6 Å². The van der Waals surface area contributed by atoms with Crippen LogP contribution in [0, 0.1) is 0 Å². The van der Waals surface area contributed by atoms with Crippen LogP contribution in [0.25, 0.3) is 123 Å². The first kappa shape index (κ1) is 39.2. The number of hydrogen-bond acceptors (Lipinski definition) is 3. The summed E-state index contributed by atoms with van der Waals surface area (Å²) in [5.74, 6) is 1.83. The first-order valence-electron chi connectivity index (χ1n) is 23.0. The number of aromatic nitrogens is 5. The molecule has 0 atom stereocenters. The molecule has 5 heteroatoms. The number of nitrogens with zero attached hydrogens (tertiary/aromatic N) is 5. The molecule has 0 N–H and O–H groups in total. The zero-order valence-corrected chi connectivity index (χ0v) is 36.9. The molecule has 0 fully saturated rings. The van der Waals surface area contributed by atoms with E-state index in [0.717, 1.165) is 61.1 Å². The number of para-hydroxylation sites is 3. The van der Waals surface area contributed by atoms with Crippen LogP contribution in [-0.2, 0) is 0 Å². The van der Waals surface area contributed by atoms with Gasteiger partial charge in [-0.1, -0.05) is 206 Å². The lowest BCUT2D eigenvalue weighted by molar-refractivity contribution is 1.06. The maximum atomic E-state index is 5.32. The van der Waals surface area contributed by atoms with Gasteiger partial charge in [-0.25, -0.2) is 15.0 Å². The predicted molar refractivity (Wildman–Crippen MR) is 281 cm³/mol. The third-order valence-electron chi connectivity index (χ3n) is 13.2. The molecule has 318 valence electrons. The Morgan fingerprint density at radius 3 is 1.49 bits per heavy atom. The molecule has 0 saturated carbocycles. The predicted octanol–water partition coefficient (Wildman–Crippen LogP) is 16.1. The number of hydrogen-bond donors (Lipinski definition) is 0. The number of benzene rings is 10. The van der Waals surface area contributed by atoms with Crippen LogP contribution < -0.4 is 0 Å². The summed E-state index contributed by atoms with van der Waals surface area (Å²) in [6.07, 6.45) is 0. The first-order chi connectivity index (χ1) is 33.7. The van der Waals surface area contributed by atoms with E-state index in [4.69, 9.17) is 15.0 Å². The molecule has 5 nitrogen and oxygen atoms in total. The number of fused-ring (bicyclic) bond motifs is 6. The summed E-state index contributed by atoms with van der Waals surface area (Å²) in [7, 11) is 0. The van der Waals surface area contributed by atoms with Crippen molar-refractivity contribution < 1.29 is 0 Å². The van der Waals surface area contributed by atoms with Crippen LogP contribution in [-0.4, -0.2) is 24.1 Å². The molecule has 0 aliphatic heterocycles. The Kier molecular flexibility index (Phi) is 9.43. The second kappa shape index (κ2) is 16.4. The van der Waals surface area contributed by atoms with Gasteiger partial charge in [0, 0.05) is 49.5 Å². The Labute approximate surface area is 393 Å². The minimum atomic E-state index is 0.597. The largest absolute Gasteiger partial charge is 0.309 e. The van der Waals surface area contributed by atoms with Gasteiger partial charge in [0.25, 0.3) is 0 Å². The van der Waals surface area contributed by atoms with Crippen LogP contribution >= 0.6 is 0 Å². The van der Waals surface area contributed by atoms with Crippen molar-refractivity contribution in [3.63, 3.8) is 0 Å². The quantitative estimate of drug-likeness (QED) is 0.153. The Hall–Kier alpha value is -9.19. The molecule has 0 unspecified atom stereocenters. The second-order valence-corrected chi connectivity index (χ2v) is 17.2. The minimum Gasteiger partial charge on any atom is -0.309 e. The van der Waals surface area contributed by atoms with Crippen molar-refractivity contribution in [1.29, 1.82) is 0 Å². The summed E-state index contributed by atoms with van der Waals surface area (Å²) in [6, 6.07) is 88.3. The zero-order chi connectivity index (χ0) is 45.0. The van der Waals surface area contributed by atoms with Crippen LogP contribution in [0.3, 0.4) is 0 Å². The normalized spacial score (nSPS) is 11.5. The van der Waals surface area contributed by atoms with Gasteiger partial charge in [0.15, 0.2) is 17.5 Å². The van der Waals surface area contributed by atoms with E-state index in [1.54, 1.807) is 0 Å². The molecule has 3 aromatic heterocycles. The van der Waals surface area contributed by atoms with Crippen molar-refractivity contribution in [2.24, 2.45) is 0 Å². The highest BCUT2D eigenvalue weighted by Crippen LogP contribution is 2.42. The summed E-state index contributed by atoms with van der Waals surface area (Å²) in [6.45, 7) is 0. The molecule has 13 aromatic rings. The Morgan fingerprint density at radius 1 is 0.250 bits per heavy atom. The topological polar surface area (TPSA) is 48.5 Å². The van der Waals surface area contributed by atoms with Gasteiger partial charge in [-0.2, -0.15) is 0 Å². The summed E-state index contributed by atoms with van der Waals surface area (Å²) in [5, 5.41) is 4.74. The minimum absolute atomic E-state index is 0.597. The fourth-order valence-electron chi connectivity index (χ4n) is 10.0. The van der Waals surface area contributed by atoms with E-state index >= 15 is 0 Å². The molecule has 0 aliphatic rings. The van der Waals surface area contributed by atoms with E-state index in [-0.39, 0.29) is 0 Å². The van der Waals surface area contributed by atoms with Crippen LogP contribution in [0.4, 0.5) is 0 Å². The third kappa shape index (κ3) is 6.68. The van der Waals surface area contributed by atoms with E-state index in [0.29, 0.717) is 17.5 Å².